The van der Waals surface area contributed by atoms with Gasteiger partial charge in [0.1, 0.15) is 12.4 Å². The van der Waals surface area contributed by atoms with Crippen molar-refractivity contribution >= 4 is 13.9 Å². The van der Waals surface area contributed by atoms with E-state index >= 15 is 0 Å². The van der Waals surface area contributed by atoms with Gasteiger partial charge in [-0.2, -0.15) is 0 Å². The molecular weight excluding hydrogens is 409 g/mol. The van der Waals surface area contributed by atoms with E-state index in [1.54, 1.807) is 0 Å². The Kier molecular flexibility index (Phi) is 8.51. The summed E-state index contributed by atoms with van der Waals surface area (Å²) in [6.45, 7) is 10.7. The van der Waals surface area contributed by atoms with Crippen LogP contribution in [-0.4, -0.2) is 19.0 Å². The summed E-state index contributed by atoms with van der Waals surface area (Å²) < 4.78 is 6.53. The molecule has 0 aromatic heterocycles. The average Bonchev–Trinajstić information content (AvgIpc) is 2.74. The zero-order valence-electron chi connectivity index (χ0n) is 20.5. The van der Waals surface area contributed by atoms with Crippen molar-refractivity contribution in [3.05, 3.63) is 94.5 Å². The molecule has 32 heavy (non-hydrogen) atoms. The largest absolute Gasteiger partial charge is 0.488 e. The maximum Gasteiger partial charge on any atom is 0.126 e. The number of hydrogen-bond acceptors (Lipinski definition) is 2. The van der Waals surface area contributed by atoms with Gasteiger partial charge in [0.25, 0.3) is 0 Å². The molecule has 0 heterocycles. The van der Waals surface area contributed by atoms with Gasteiger partial charge in [0.05, 0.1) is 0 Å². The molecule has 0 N–H and O–H groups in total. The number of ether oxygens (including phenoxy) is 1. The van der Waals surface area contributed by atoms with Crippen LogP contribution in [0, 0.1) is 13.8 Å². The molecule has 0 saturated carbocycles. The first-order valence-electron chi connectivity index (χ1n) is 11.6. The highest BCUT2D eigenvalue weighted by atomic mass is 31.1. The van der Waals surface area contributed by atoms with Gasteiger partial charge in [-0.3, -0.25) is 0 Å². The Labute approximate surface area is 196 Å². The van der Waals surface area contributed by atoms with Crippen molar-refractivity contribution in [1.29, 1.82) is 0 Å². The number of nitrogens with zero attached hydrogens (tertiary/aromatic N) is 1. The Hall–Kier alpha value is -2.15. The highest BCUT2D eigenvalue weighted by molar-refractivity contribution is 7.48. The number of rotatable bonds is 10. The summed E-state index contributed by atoms with van der Waals surface area (Å²) in [5.74, 6) is 1.06. The monoisotopic (exact) mass is 447 g/mol. The maximum absolute atomic E-state index is 6.53. The molecule has 2 nitrogen and oxygen atoms in total. The summed E-state index contributed by atoms with van der Waals surface area (Å²) in [7, 11) is 4.97. The molecule has 0 aliphatic rings. The smallest absolute Gasteiger partial charge is 0.126 e. The van der Waals surface area contributed by atoms with Crippen LogP contribution in [0.4, 0.5) is 0 Å². The second-order valence-corrected chi connectivity index (χ2v) is 11.2. The summed E-state index contributed by atoms with van der Waals surface area (Å²) in [6.07, 6.45) is 2.27. The Morgan fingerprint density at radius 1 is 0.938 bits per heavy atom. The van der Waals surface area contributed by atoms with Gasteiger partial charge in [-0.05, 0) is 56.4 Å². The summed E-state index contributed by atoms with van der Waals surface area (Å²) in [4.78, 5) is 2.26. The van der Waals surface area contributed by atoms with Crippen molar-refractivity contribution in [1.82, 2.24) is 4.90 Å². The van der Waals surface area contributed by atoms with Crippen LogP contribution < -0.4 is 10.0 Å². The van der Waals surface area contributed by atoms with E-state index in [1.807, 2.05) is 0 Å². The van der Waals surface area contributed by atoms with E-state index in [0.717, 1.165) is 25.1 Å². The normalized spacial score (nSPS) is 13.6. The molecule has 3 rings (SSSR count). The van der Waals surface area contributed by atoms with Gasteiger partial charge < -0.3 is 9.64 Å². The van der Waals surface area contributed by atoms with E-state index in [9.17, 15) is 0 Å². The highest BCUT2D eigenvalue weighted by Gasteiger charge is 2.31. The molecule has 0 aliphatic heterocycles. The molecule has 0 aliphatic carbocycles. The summed E-state index contributed by atoms with van der Waals surface area (Å²) in [5, 5.41) is 1.49. The van der Waals surface area contributed by atoms with Crippen LogP contribution in [0.2, 0.25) is 0 Å². The van der Waals surface area contributed by atoms with E-state index in [-0.39, 0.29) is 5.16 Å². The average molecular weight is 448 g/mol. The van der Waals surface area contributed by atoms with Crippen molar-refractivity contribution in [3.63, 3.8) is 0 Å². The van der Waals surface area contributed by atoms with Gasteiger partial charge in [-0.1, -0.05) is 101 Å². The highest BCUT2D eigenvalue weighted by Crippen LogP contribution is 2.49. The lowest BCUT2D eigenvalue weighted by Crippen LogP contribution is -2.24. The lowest BCUT2D eigenvalue weighted by Gasteiger charge is -2.34. The zero-order chi connectivity index (χ0) is 23.1. The molecule has 0 fully saturated rings. The fraction of sp³-hybridized carbons (Fsp3) is 0.379. The Balaban J connectivity index is 2.01. The molecular formula is C29H38NOP. The second-order valence-electron chi connectivity index (χ2n) is 9.33. The number of aryl methyl sites for hydroxylation is 2. The van der Waals surface area contributed by atoms with Crippen molar-refractivity contribution in [2.75, 3.05) is 14.1 Å². The zero-order valence-corrected chi connectivity index (χ0v) is 21.5. The van der Waals surface area contributed by atoms with Crippen LogP contribution in [0.5, 0.6) is 5.75 Å². The minimum absolute atomic E-state index is 0.0277. The van der Waals surface area contributed by atoms with Crippen LogP contribution in [0.3, 0.4) is 0 Å². The molecule has 3 aromatic carbocycles. The van der Waals surface area contributed by atoms with Crippen molar-refractivity contribution in [3.8, 4) is 5.75 Å². The Bertz CT molecular complexity index is 1010. The van der Waals surface area contributed by atoms with Gasteiger partial charge in [0.15, 0.2) is 0 Å². The molecule has 3 heteroatoms. The Morgan fingerprint density at radius 2 is 1.62 bits per heavy atom. The molecule has 0 saturated heterocycles. The SMILES string of the molecule is CCCC(C)(Pc1ccccc1CN(C)C)c1cc(C)cc(C)c1OCc1ccccc1. The molecule has 3 aromatic rings. The summed E-state index contributed by atoms with van der Waals surface area (Å²) in [6, 6.07) is 24.0. The molecule has 2 unspecified atom stereocenters. The fourth-order valence-electron chi connectivity index (χ4n) is 4.47. The second kappa shape index (κ2) is 11.1. The topological polar surface area (TPSA) is 12.5 Å². The number of hydrogen-bond donors (Lipinski definition) is 0. The van der Waals surface area contributed by atoms with Crippen molar-refractivity contribution in [2.24, 2.45) is 0 Å². The fourth-order valence-corrected chi connectivity index (χ4v) is 6.26. The first kappa shape index (κ1) is 24.5. The first-order chi connectivity index (χ1) is 15.3. The first-order valence-corrected chi connectivity index (χ1v) is 12.6. The van der Waals surface area contributed by atoms with Gasteiger partial charge >= 0.3 is 0 Å². The third-order valence-corrected chi connectivity index (χ3v) is 7.73. The molecule has 2 atom stereocenters. The molecule has 0 radical (unpaired) electrons. The summed E-state index contributed by atoms with van der Waals surface area (Å²) in [5.41, 5.74) is 6.51. The minimum Gasteiger partial charge on any atom is -0.488 e. The lowest BCUT2D eigenvalue weighted by atomic mass is 9.91. The van der Waals surface area contributed by atoms with E-state index in [4.69, 9.17) is 4.74 Å². The van der Waals surface area contributed by atoms with Gasteiger partial charge in [0, 0.05) is 17.3 Å². The quantitative estimate of drug-likeness (QED) is 0.311. The van der Waals surface area contributed by atoms with Gasteiger partial charge in [-0.15, -0.1) is 0 Å². The Morgan fingerprint density at radius 3 is 2.31 bits per heavy atom. The predicted octanol–water partition coefficient (Wildman–Crippen LogP) is 6.96. The van der Waals surface area contributed by atoms with Crippen LogP contribution in [0.25, 0.3) is 0 Å². The third-order valence-electron chi connectivity index (χ3n) is 5.90. The van der Waals surface area contributed by atoms with E-state index < -0.39 is 0 Å². The maximum atomic E-state index is 6.53. The minimum atomic E-state index is 0.0277. The van der Waals surface area contributed by atoms with Crippen molar-refractivity contribution < 1.29 is 4.74 Å². The van der Waals surface area contributed by atoms with Gasteiger partial charge in [0.2, 0.25) is 0 Å². The van der Waals surface area contributed by atoms with Crippen LogP contribution in [0.1, 0.15) is 54.5 Å². The molecule has 0 amide bonds. The standard InChI is InChI=1S/C29H38NOP/c1-7-17-29(4,32-27-16-12-11-15-25(27)20-30(5)6)26-19-22(2)18-23(3)28(26)31-21-24-13-9-8-10-14-24/h8-16,18-19,32H,7,17,20-21H2,1-6H3. The lowest BCUT2D eigenvalue weighted by molar-refractivity contribution is 0.297. The molecule has 0 bridgehead atoms. The molecule has 170 valence electrons. The molecule has 0 spiro atoms. The van der Waals surface area contributed by atoms with Gasteiger partial charge in [-0.25, -0.2) is 0 Å². The van der Waals surface area contributed by atoms with Crippen LogP contribution >= 0.6 is 8.58 Å². The van der Waals surface area contributed by atoms with Crippen molar-refractivity contribution in [2.45, 2.75) is 58.8 Å². The van der Waals surface area contributed by atoms with E-state index in [1.165, 1.54) is 33.1 Å². The van der Waals surface area contributed by atoms with Crippen LogP contribution in [-0.2, 0) is 18.3 Å². The van der Waals surface area contributed by atoms with Crippen LogP contribution in [0.15, 0.2) is 66.7 Å². The summed E-state index contributed by atoms with van der Waals surface area (Å²) >= 11 is 0. The predicted molar refractivity (Wildman–Crippen MR) is 141 cm³/mol. The number of benzene rings is 3. The van der Waals surface area contributed by atoms with E-state index in [0.29, 0.717) is 15.2 Å². The van der Waals surface area contributed by atoms with E-state index in [2.05, 4.69) is 113 Å². The third kappa shape index (κ3) is 6.21.